The second-order valence-electron chi connectivity index (χ2n) is 6.17. The van der Waals surface area contributed by atoms with E-state index in [1.165, 1.54) is 16.7 Å². The van der Waals surface area contributed by atoms with Crippen LogP contribution in [0.4, 0.5) is 0 Å². The van der Waals surface area contributed by atoms with Gasteiger partial charge in [-0.25, -0.2) is 0 Å². The largest absolute Gasteiger partial charge is 0.493 e. The molecule has 1 heterocycles. The zero-order valence-corrected chi connectivity index (χ0v) is 15.4. The van der Waals surface area contributed by atoms with Crippen LogP contribution in [0.3, 0.4) is 0 Å². The summed E-state index contributed by atoms with van der Waals surface area (Å²) in [7, 11) is 6.64. The molecule has 2 atom stereocenters. The van der Waals surface area contributed by atoms with Gasteiger partial charge in [-0.15, -0.1) is 0 Å². The molecule has 25 heavy (non-hydrogen) atoms. The highest BCUT2D eigenvalue weighted by atomic mass is 16.5. The lowest BCUT2D eigenvalue weighted by Crippen LogP contribution is -2.32. The molecule has 2 aromatic rings. The van der Waals surface area contributed by atoms with E-state index in [0.29, 0.717) is 0 Å². The smallest absolute Gasteiger partial charge is 0.161 e. The molecule has 0 saturated heterocycles. The Morgan fingerprint density at radius 2 is 1.40 bits per heavy atom. The minimum absolute atomic E-state index is 0.195. The molecule has 5 nitrogen and oxygen atoms in total. The van der Waals surface area contributed by atoms with Gasteiger partial charge < -0.3 is 24.3 Å². The Kier molecular flexibility index (Phi) is 5.04. The highest BCUT2D eigenvalue weighted by Gasteiger charge is 2.27. The monoisotopic (exact) mass is 343 g/mol. The summed E-state index contributed by atoms with van der Waals surface area (Å²) in [6, 6.07) is 10.6. The maximum Gasteiger partial charge on any atom is 0.161 e. The number of hydrogen-bond acceptors (Lipinski definition) is 5. The summed E-state index contributed by atoms with van der Waals surface area (Å²) in [6.07, 6.45) is 0.871. The van der Waals surface area contributed by atoms with Crippen molar-refractivity contribution in [1.29, 1.82) is 0 Å². The van der Waals surface area contributed by atoms with Crippen molar-refractivity contribution < 1.29 is 18.9 Å². The fourth-order valence-corrected chi connectivity index (χ4v) is 3.47. The summed E-state index contributed by atoms with van der Waals surface area (Å²) in [4.78, 5) is 0. The summed E-state index contributed by atoms with van der Waals surface area (Å²) in [5, 5.41) is 3.67. The van der Waals surface area contributed by atoms with Crippen LogP contribution < -0.4 is 24.3 Å². The minimum atomic E-state index is 0.195. The van der Waals surface area contributed by atoms with Crippen molar-refractivity contribution in [2.45, 2.75) is 25.4 Å². The fraction of sp³-hybridized carbons (Fsp3) is 0.400. The number of hydrogen-bond donors (Lipinski definition) is 1. The van der Waals surface area contributed by atoms with E-state index in [1.54, 1.807) is 28.4 Å². The number of nitrogens with one attached hydrogen (secondary N) is 1. The number of benzene rings is 2. The molecule has 0 amide bonds. The first-order valence-electron chi connectivity index (χ1n) is 8.34. The lowest BCUT2D eigenvalue weighted by atomic mass is 9.87. The van der Waals surface area contributed by atoms with E-state index in [1.807, 2.05) is 12.1 Å². The van der Waals surface area contributed by atoms with Gasteiger partial charge in [0, 0.05) is 12.1 Å². The Hall–Kier alpha value is -2.40. The van der Waals surface area contributed by atoms with E-state index in [4.69, 9.17) is 18.9 Å². The van der Waals surface area contributed by atoms with E-state index in [0.717, 1.165) is 29.4 Å². The third kappa shape index (κ3) is 3.24. The molecule has 0 spiro atoms. The topological polar surface area (TPSA) is 49.0 Å². The van der Waals surface area contributed by atoms with E-state index in [9.17, 15) is 0 Å². The Bertz CT molecular complexity index is 760. The number of fused-ring (bicyclic) bond motifs is 1. The van der Waals surface area contributed by atoms with Gasteiger partial charge in [-0.05, 0) is 54.3 Å². The second kappa shape index (κ2) is 7.23. The summed E-state index contributed by atoms with van der Waals surface area (Å²) in [6.45, 7) is 2.16. The highest BCUT2D eigenvalue weighted by Crippen LogP contribution is 2.40. The fourth-order valence-electron chi connectivity index (χ4n) is 3.47. The van der Waals surface area contributed by atoms with Crippen LogP contribution in [0, 0.1) is 0 Å². The molecule has 0 saturated carbocycles. The van der Waals surface area contributed by atoms with Crippen LogP contribution in [-0.2, 0) is 6.42 Å². The van der Waals surface area contributed by atoms with Gasteiger partial charge in [0.2, 0.25) is 0 Å². The average Bonchev–Trinajstić information content (AvgIpc) is 2.66. The van der Waals surface area contributed by atoms with Crippen molar-refractivity contribution in [2.75, 3.05) is 28.4 Å². The Labute approximate surface area is 148 Å². The SMILES string of the molecule is COc1ccc([C@@H]2Cc3cc(OC)c(OC)cc3[C@@H](C)N2)cc1OC. The zero-order valence-electron chi connectivity index (χ0n) is 15.4. The number of rotatable bonds is 5. The van der Waals surface area contributed by atoms with Crippen LogP contribution in [-0.4, -0.2) is 28.4 Å². The van der Waals surface area contributed by atoms with Gasteiger partial charge >= 0.3 is 0 Å². The van der Waals surface area contributed by atoms with Crippen LogP contribution in [0.5, 0.6) is 23.0 Å². The van der Waals surface area contributed by atoms with Crippen LogP contribution >= 0.6 is 0 Å². The molecule has 1 aliphatic heterocycles. The molecule has 0 aromatic heterocycles. The maximum atomic E-state index is 5.46. The standard InChI is InChI=1S/C20H25NO4/c1-12-15-11-20(25-5)19(24-4)10-14(15)8-16(21-12)13-6-7-17(22-2)18(9-13)23-3/h6-7,9-12,16,21H,8H2,1-5H3/t12-,16+/m1/s1. The van der Waals surface area contributed by atoms with E-state index >= 15 is 0 Å². The zero-order chi connectivity index (χ0) is 18.0. The quantitative estimate of drug-likeness (QED) is 0.898. The summed E-state index contributed by atoms with van der Waals surface area (Å²) in [5.41, 5.74) is 3.68. The second-order valence-corrected chi connectivity index (χ2v) is 6.17. The molecule has 0 radical (unpaired) electrons. The van der Waals surface area contributed by atoms with E-state index in [-0.39, 0.29) is 12.1 Å². The van der Waals surface area contributed by atoms with Crippen molar-refractivity contribution in [3.8, 4) is 23.0 Å². The molecule has 1 N–H and O–H groups in total. The molecule has 0 aliphatic carbocycles. The molecular formula is C20H25NO4. The first kappa shape index (κ1) is 17.4. The van der Waals surface area contributed by atoms with Crippen LogP contribution in [0.15, 0.2) is 30.3 Å². The predicted octanol–water partition coefficient (Wildman–Crippen LogP) is 3.67. The van der Waals surface area contributed by atoms with Crippen molar-refractivity contribution in [3.05, 3.63) is 47.0 Å². The Morgan fingerprint density at radius 1 is 0.800 bits per heavy atom. The minimum Gasteiger partial charge on any atom is -0.493 e. The van der Waals surface area contributed by atoms with Crippen molar-refractivity contribution in [1.82, 2.24) is 5.32 Å². The third-order valence-corrected chi connectivity index (χ3v) is 4.80. The first-order valence-corrected chi connectivity index (χ1v) is 8.34. The van der Waals surface area contributed by atoms with E-state index in [2.05, 4.69) is 30.4 Å². The van der Waals surface area contributed by atoms with Gasteiger partial charge in [-0.2, -0.15) is 0 Å². The molecular weight excluding hydrogens is 318 g/mol. The molecule has 134 valence electrons. The molecule has 0 unspecified atom stereocenters. The molecule has 5 heteroatoms. The lowest BCUT2D eigenvalue weighted by Gasteiger charge is -2.32. The highest BCUT2D eigenvalue weighted by molar-refractivity contribution is 5.51. The summed E-state index contributed by atoms with van der Waals surface area (Å²) < 4.78 is 21.7. The van der Waals surface area contributed by atoms with Gasteiger partial charge in [0.05, 0.1) is 28.4 Å². The van der Waals surface area contributed by atoms with Gasteiger partial charge in [-0.3, -0.25) is 0 Å². The lowest BCUT2D eigenvalue weighted by molar-refractivity contribution is 0.348. The molecule has 0 bridgehead atoms. The molecule has 3 rings (SSSR count). The third-order valence-electron chi connectivity index (χ3n) is 4.80. The molecule has 2 aromatic carbocycles. The van der Waals surface area contributed by atoms with Crippen LogP contribution in [0.25, 0.3) is 0 Å². The first-order chi connectivity index (χ1) is 12.1. The normalized spacial score (nSPS) is 19.1. The van der Waals surface area contributed by atoms with Gasteiger partial charge in [0.1, 0.15) is 0 Å². The van der Waals surface area contributed by atoms with Crippen LogP contribution in [0.1, 0.15) is 35.7 Å². The van der Waals surface area contributed by atoms with E-state index < -0.39 is 0 Å². The molecule has 1 aliphatic rings. The van der Waals surface area contributed by atoms with Crippen molar-refractivity contribution >= 4 is 0 Å². The molecule has 0 fully saturated rings. The maximum absolute atomic E-state index is 5.46. The number of methoxy groups -OCH3 is 4. The Balaban J connectivity index is 1.95. The number of ether oxygens (including phenoxy) is 4. The van der Waals surface area contributed by atoms with Crippen LogP contribution in [0.2, 0.25) is 0 Å². The van der Waals surface area contributed by atoms with Gasteiger partial charge in [0.15, 0.2) is 23.0 Å². The van der Waals surface area contributed by atoms with Gasteiger partial charge in [-0.1, -0.05) is 6.07 Å². The predicted molar refractivity (Wildman–Crippen MR) is 97.1 cm³/mol. The van der Waals surface area contributed by atoms with Crippen molar-refractivity contribution in [2.24, 2.45) is 0 Å². The van der Waals surface area contributed by atoms with Crippen molar-refractivity contribution in [3.63, 3.8) is 0 Å². The summed E-state index contributed by atoms with van der Waals surface area (Å²) in [5.74, 6) is 3.01. The average molecular weight is 343 g/mol. The summed E-state index contributed by atoms with van der Waals surface area (Å²) >= 11 is 0. The Morgan fingerprint density at radius 3 is 2.04 bits per heavy atom. The van der Waals surface area contributed by atoms with Gasteiger partial charge in [0.25, 0.3) is 0 Å².